The molecule has 2 aromatic carbocycles. The summed E-state index contributed by atoms with van der Waals surface area (Å²) in [6.07, 6.45) is 0.840. The maximum atomic E-state index is 12.9. The Morgan fingerprint density at radius 1 is 1.16 bits per heavy atom. The van der Waals surface area contributed by atoms with Crippen LogP contribution < -0.4 is 14.8 Å². The highest BCUT2D eigenvalue weighted by Crippen LogP contribution is 2.52. The number of rotatable bonds is 7. The van der Waals surface area contributed by atoms with Crippen molar-refractivity contribution in [3.05, 3.63) is 52.0 Å². The number of benzene rings is 2. The Kier molecular flexibility index (Phi) is 6.02. The zero-order valence-electron chi connectivity index (χ0n) is 17.9. The summed E-state index contributed by atoms with van der Waals surface area (Å²) in [6, 6.07) is 11.8. The molecule has 0 spiro atoms. The van der Waals surface area contributed by atoms with Crippen LogP contribution in [-0.2, 0) is 4.74 Å². The zero-order valence-corrected chi connectivity index (χ0v) is 19.4. The quantitative estimate of drug-likeness (QED) is 0.494. The van der Waals surface area contributed by atoms with Gasteiger partial charge < -0.3 is 19.5 Å². The largest absolute Gasteiger partial charge is 0.493 e. The number of carbonyl (C=O) groups is 1. The van der Waals surface area contributed by atoms with Crippen LogP contribution in [0.5, 0.6) is 11.5 Å². The molecule has 7 nitrogen and oxygen atoms in total. The Hall–Kier alpha value is -2.84. The minimum Gasteiger partial charge on any atom is -0.493 e. The topological polar surface area (TPSA) is 74.6 Å². The zero-order chi connectivity index (χ0) is 22.1. The molecule has 1 aliphatic carbocycles. The second-order valence-electron chi connectivity index (χ2n) is 7.24. The highest BCUT2D eigenvalue weighted by atomic mass is 79.9. The van der Waals surface area contributed by atoms with E-state index in [0.29, 0.717) is 17.3 Å². The molecule has 0 aliphatic heterocycles. The summed E-state index contributed by atoms with van der Waals surface area (Å²) in [6.45, 7) is 2.06. The van der Waals surface area contributed by atoms with Gasteiger partial charge in [-0.25, -0.2) is 0 Å². The van der Waals surface area contributed by atoms with Crippen molar-refractivity contribution in [1.29, 1.82) is 0 Å². The number of aromatic nitrogens is 2. The van der Waals surface area contributed by atoms with Gasteiger partial charge in [-0.1, -0.05) is 28.9 Å². The lowest BCUT2D eigenvalue weighted by molar-refractivity contribution is 0.0748. The van der Waals surface area contributed by atoms with Gasteiger partial charge in [-0.3, -0.25) is 4.79 Å². The molecule has 0 amide bonds. The number of nitrogens with one attached hydrogen (secondary N) is 1. The van der Waals surface area contributed by atoms with E-state index in [2.05, 4.69) is 33.3 Å². The van der Waals surface area contributed by atoms with Gasteiger partial charge in [-0.05, 0) is 42.3 Å². The molecule has 0 saturated carbocycles. The maximum Gasteiger partial charge on any atom is 0.273 e. The number of hydrogen-bond acceptors (Lipinski definition) is 6. The third-order valence-electron chi connectivity index (χ3n) is 5.46. The number of halogens is 1. The van der Waals surface area contributed by atoms with Crippen LogP contribution in [0.25, 0.3) is 11.3 Å². The van der Waals surface area contributed by atoms with Gasteiger partial charge in [0.05, 0.1) is 19.9 Å². The summed E-state index contributed by atoms with van der Waals surface area (Å²) >= 11 is 3.50. The molecule has 1 aromatic heterocycles. The lowest BCUT2D eigenvalue weighted by Crippen LogP contribution is -2.19. The normalized spacial score (nSPS) is 14.2. The second kappa shape index (κ2) is 8.72. The highest BCUT2D eigenvalue weighted by Gasteiger charge is 2.37. The smallest absolute Gasteiger partial charge is 0.273 e. The summed E-state index contributed by atoms with van der Waals surface area (Å²) in [4.78, 5) is 12.9. The molecule has 0 radical (unpaired) electrons. The predicted molar refractivity (Wildman–Crippen MR) is 123 cm³/mol. The Balaban J connectivity index is 1.93. The average molecular weight is 486 g/mol. The minimum atomic E-state index is -0.237. The number of carbonyl (C=O) groups excluding carboxylic acids is 1. The number of hydrogen-bond donors (Lipinski definition) is 1. The van der Waals surface area contributed by atoms with E-state index in [-0.39, 0.29) is 18.4 Å². The molecule has 3 aromatic rings. The van der Waals surface area contributed by atoms with Crippen molar-refractivity contribution in [2.24, 2.45) is 0 Å². The van der Waals surface area contributed by atoms with Crippen molar-refractivity contribution in [3.63, 3.8) is 0 Å². The van der Waals surface area contributed by atoms with Crippen LogP contribution in [0.3, 0.4) is 0 Å². The fraction of sp³-hybridized carbons (Fsp3) is 0.304. The van der Waals surface area contributed by atoms with Gasteiger partial charge in [0.15, 0.2) is 17.3 Å². The molecule has 8 heteroatoms. The van der Waals surface area contributed by atoms with E-state index in [0.717, 1.165) is 39.0 Å². The van der Waals surface area contributed by atoms with E-state index >= 15 is 0 Å². The molecule has 1 heterocycles. The van der Waals surface area contributed by atoms with Gasteiger partial charge in [0, 0.05) is 34.3 Å². The van der Waals surface area contributed by atoms with Crippen molar-refractivity contribution >= 4 is 33.3 Å². The summed E-state index contributed by atoms with van der Waals surface area (Å²) in [5, 5.41) is 8.06. The van der Waals surface area contributed by atoms with E-state index in [9.17, 15) is 4.79 Å². The van der Waals surface area contributed by atoms with Crippen molar-refractivity contribution in [2.45, 2.75) is 19.3 Å². The Morgan fingerprint density at radius 2 is 1.90 bits per heavy atom. The molecule has 1 aliphatic rings. The highest BCUT2D eigenvalue weighted by molar-refractivity contribution is 9.10. The Bertz CT molecular complexity index is 1140. The molecule has 31 heavy (non-hydrogen) atoms. The van der Waals surface area contributed by atoms with Gasteiger partial charge in [0.2, 0.25) is 0 Å². The minimum absolute atomic E-state index is 0.0588. The second-order valence-corrected chi connectivity index (χ2v) is 8.16. The molecular formula is C23H24BrN3O4. The molecule has 1 N–H and O–H groups in total. The summed E-state index contributed by atoms with van der Waals surface area (Å²) in [5.74, 6) is 1.74. The fourth-order valence-corrected chi connectivity index (χ4v) is 4.55. The number of anilines is 2. The molecule has 162 valence electrons. The van der Waals surface area contributed by atoms with E-state index < -0.39 is 0 Å². The van der Waals surface area contributed by atoms with Gasteiger partial charge >= 0.3 is 0 Å². The SMILES string of the molecule is CCC1c2cc(OC)c(OC)cc2-c2c1c(Nc1cccc(Br)c1)nn2C(=O)COC. The number of fused-ring (bicyclic) bond motifs is 3. The van der Waals surface area contributed by atoms with Gasteiger partial charge in [0.25, 0.3) is 5.91 Å². The van der Waals surface area contributed by atoms with Crippen molar-refractivity contribution in [1.82, 2.24) is 9.78 Å². The van der Waals surface area contributed by atoms with Crippen LogP contribution in [0.1, 0.15) is 35.2 Å². The standard InChI is InChI=1S/C23H24BrN3O4/c1-5-15-16-10-18(30-3)19(31-4)11-17(16)22-21(15)23(26-27(22)20(28)12-29-2)25-14-8-6-7-13(24)9-14/h6-11,15H,5,12H2,1-4H3,(H,25,26). The maximum absolute atomic E-state index is 12.9. The number of methoxy groups -OCH3 is 3. The first kappa shape index (κ1) is 21.4. The molecule has 1 unspecified atom stereocenters. The molecule has 1 atom stereocenters. The van der Waals surface area contributed by atoms with Gasteiger partial charge in [0.1, 0.15) is 6.61 Å². The number of ether oxygens (including phenoxy) is 3. The van der Waals surface area contributed by atoms with Crippen molar-refractivity contribution < 1.29 is 19.0 Å². The first-order valence-electron chi connectivity index (χ1n) is 9.96. The fourth-order valence-electron chi connectivity index (χ4n) is 4.15. The first-order valence-corrected chi connectivity index (χ1v) is 10.8. The monoisotopic (exact) mass is 485 g/mol. The lowest BCUT2D eigenvalue weighted by atomic mass is 9.94. The Labute approximate surface area is 189 Å². The van der Waals surface area contributed by atoms with Crippen LogP contribution in [0.15, 0.2) is 40.9 Å². The molecular weight excluding hydrogens is 462 g/mol. The van der Waals surface area contributed by atoms with Crippen LogP contribution >= 0.6 is 15.9 Å². The van der Waals surface area contributed by atoms with Gasteiger partial charge in [-0.2, -0.15) is 4.68 Å². The van der Waals surface area contributed by atoms with Gasteiger partial charge in [-0.15, -0.1) is 5.10 Å². The summed E-state index contributed by atoms with van der Waals surface area (Å²) < 4.78 is 18.6. The van der Waals surface area contributed by atoms with E-state index in [1.54, 1.807) is 14.2 Å². The van der Waals surface area contributed by atoms with Crippen molar-refractivity contribution in [3.8, 4) is 22.8 Å². The van der Waals surface area contributed by atoms with E-state index in [1.807, 2.05) is 36.4 Å². The van der Waals surface area contributed by atoms with Crippen LogP contribution in [0, 0.1) is 0 Å². The third-order valence-corrected chi connectivity index (χ3v) is 5.95. The van der Waals surface area contributed by atoms with Crippen molar-refractivity contribution in [2.75, 3.05) is 33.3 Å². The third kappa shape index (κ3) is 3.70. The van der Waals surface area contributed by atoms with Crippen LogP contribution in [0.2, 0.25) is 0 Å². The molecule has 0 saturated heterocycles. The van der Waals surface area contributed by atoms with Crippen LogP contribution in [-0.4, -0.2) is 43.6 Å². The molecule has 0 fully saturated rings. The Morgan fingerprint density at radius 3 is 2.55 bits per heavy atom. The van der Waals surface area contributed by atoms with E-state index in [4.69, 9.17) is 14.2 Å². The summed E-state index contributed by atoms with van der Waals surface area (Å²) in [5.41, 5.74) is 4.63. The molecule has 4 rings (SSSR count). The first-order chi connectivity index (χ1) is 15.0. The average Bonchev–Trinajstić information content (AvgIpc) is 3.28. The van der Waals surface area contributed by atoms with Crippen LogP contribution in [0.4, 0.5) is 11.5 Å². The molecule has 0 bridgehead atoms. The predicted octanol–water partition coefficient (Wildman–Crippen LogP) is 5.22. The lowest BCUT2D eigenvalue weighted by Gasteiger charge is -2.15. The number of nitrogens with zero attached hydrogens (tertiary/aromatic N) is 2. The summed E-state index contributed by atoms with van der Waals surface area (Å²) in [7, 11) is 4.72. The van der Waals surface area contributed by atoms with E-state index in [1.165, 1.54) is 11.8 Å².